The molecule has 0 unspecified atom stereocenters. The maximum atomic E-state index is 12.9. The van der Waals surface area contributed by atoms with E-state index in [-0.39, 0.29) is 17.7 Å². The van der Waals surface area contributed by atoms with E-state index in [1.54, 1.807) is 30.3 Å². The standard InChI is InChI=1S/C24H14Br2Cl3NO3S/c25-17-7-13(8-18(26)22(17)33-12-15-3-1-2-4-19(15)28)9-21-23(31)30(24(32)34-21)11-14-5-6-16(27)10-20(14)29/h1-10H,11-12H2/b21-9+. The van der Waals surface area contributed by atoms with Crippen LogP contribution >= 0.6 is 78.4 Å². The summed E-state index contributed by atoms with van der Waals surface area (Å²) in [5.74, 6) is 0.217. The van der Waals surface area contributed by atoms with Crippen molar-refractivity contribution < 1.29 is 14.3 Å². The van der Waals surface area contributed by atoms with Crippen LogP contribution in [0.3, 0.4) is 0 Å². The number of thioether (sulfide) groups is 1. The number of carbonyl (C=O) groups excluding carboxylic acids is 2. The summed E-state index contributed by atoms with van der Waals surface area (Å²) in [7, 11) is 0. The first kappa shape index (κ1) is 25.6. The van der Waals surface area contributed by atoms with Gasteiger partial charge in [-0.15, -0.1) is 0 Å². The predicted molar refractivity (Wildman–Crippen MR) is 146 cm³/mol. The maximum Gasteiger partial charge on any atom is 0.293 e. The highest BCUT2D eigenvalue weighted by Crippen LogP contribution is 2.39. The lowest BCUT2D eigenvalue weighted by Gasteiger charge is -2.14. The van der Waals surface area contributed by atoms with E-state index in [2.05, 4.69) is 31.9 Å². The van der Waals surface area contributed by atoms with Crippen molar-refractivity contribution in [3.63, 3.8) is 0 Å². The molecule has 34 heavy (non-hydrogen) atoms. The van der Waals surface area contributed by atoms with Gasteiger partial charge in [0.2, 0.25) is 0 Å². The van der Waals surface area contributed by atoms with Gasteiger partial charge in [-0.05, 0) is 91.2 Å². The zero-order valence-corrected chi connectivity index (χ0v) is 23.4. The molecule has 1 saturated heterocycles. The van der Waals surface area contributed by atoms with Crippen LogP contribution in [0.2, 0.25) is 15.1 Å². The summed E-state index contributed by atoms with van der Waals surface area (Å²) in [5.41, 5.74) is 2.22. The molecule has 3 aromatic carbocycles. The average molecular weight is 663 g/mol. The van der Waals surface area contributed by atoms with Crippen LogP contribution in [0.5, 0.6) is 5.75 Å². The Morgan fingerprint density at radius 3 is 2.29 bits per heavy atom. The number of rotatable bonds is 6. The summed E-state index contributed by atoms with van der Waals surface area (Å²) in [4.78, 5) is 26.9. The van der Waals surface area contributed by atoms with Crippen molar-refractivity contribution in [3.05, 3.63) is 100 Å². The molecule has 0 saturated carbocycles. The van der Waals surface area contributed by atoms with Gasteiger partial charge in [0, 0.05) is 20.6 Å². The predicted octanol–water partition coefficient (Wildman–Crippen LogP) is 8.99. The van der Waals surface area contributed by atoms with Crippen molar-refractivity contribution in [2.24, 2.45) is 0 Å². The average Bonchev–Trinajstić information content (AvgIpc) is 3.03. The smallest absolute Gasteiger partial charge is 0.293 e. The molecule has 1 fully saturated rings. The van der Waals surface area contributed by atoms with Crippen LogP contribution in [0.25, 0.3) is 6.08 Å². The highest BCUT2D eigenvalue weighted by Gasteiger charge is 2.35. The van der Waals surface area contributed by atoms with E-state index < -0.39 is 0 Å². The first-order valence-corrected chi connectivity index (χ1v) is 13.3. The van der Waals surface area contributed by atoms with Crippen LogP contribution in [0.15, 0.2) is 68.4 Å². The van der Waals surface area contributed by atoms with E-state index in [4.69, 9.17) is 39.5 Å². The Morgan fingerprint density at radius 1 is 0.912 bits per heavy atom. The molecule has 2 amide bonds. The third-order valence-corrected chi connectivity index (χ3v) is 7.91. The number of ether oxygens (including phenoxy) is 1. The number of imide groups is 1. The summed E-state index contributed by atoms with van der Waals surface area (Å²) < 4.78 is 7.32. The molecule has 0 radical (unpaired) electrons. The van der Waals surface area contributed by atoms with Gasteiger partial charge in [0.15, 0.2) is 0 Å². The fourth-order valence-electron chi connectivity index (χ4n) is 3.17. The van der Waals surface area contributed by atoms with Crippen molar-refractivity contribution in [2.75, 3.05) is 0 Å². The topological polar surface area (TPSA) is 46.6 Å². The minimum absolute atomic E-state index is 0.0697. The molecule has 1 heterocycles. The number of hydrogen-bond acceptors (Lipinski definition) is 4. The monoisotopic (exact) mass is 659 g/mol. The molecule has 1 aliphatic heterocycles. The molecule has 1 aliphatic rings. The minimum Gasteiger partial charge on any atom is -0.486 e. The van der Waals surface area contributed by atoms with Gasteiger partial charge in [-0.25, -0.2) is 0 Å². The minimum atomic E-state index is -0.382. The number of hydrogen-bond donors (Lipinski definition) is 0. The second-order valence-electron chi connectivity index (χ2n) is 7.20. The molecule has 3 aromatic rings. The zero-order valence-electron chi connectivity index (χ0n) is 17.2. The summed E-state index contributed by atoms with van der Waals surface area (Å²) in [6.07, 6.45) is 1.67. The van der Waals surface area contributed by atoms with Gasteiger partial charge < -0.3 is 4.74 Å². The molecular formula is C24H14Br2Cl3NO3S. The number of nitrogens with zero attached hydrogens (tertiary/aromatic N) is 1. The van der Waals surface area contributed by atoms with Crippen LogP contribution < -0.4 is 4.74 Å². The Labute approximate surface area is 232 Å². The lowest BCUT2D eigenvalue weighted by atomic mass is 10.2. The van der Waals surface area contributed by atoms with Crippen molar-refractivity contribution in [3.8, 4) is 5.75 Å². The molecule has 0 bridgehead atoms. The number of carbonyl (C=O) groups is 2. The number of halogens is 5. The Kier molecular flexibility index (Phi) is 8.33. The second-order valence-corrected chi connectivity index (χ2v) is 11.2. The molecular weight excluding hydrogens is 649 g/mol. The van der Waals surface area contributed by atoms with Crippen LogP contribution in [0.4, 0.5) is 4.79 Å². The van der Waals surface area contributed by atoms with Gasteiger partial charge in [-0.3, -0.25) is 14.5 Å². The Hall–Kier alpha value is -1.48. The summed E-state index contributed by atoms with van der Waals surface area (Å²) >= 11 is 26.3. The van der Waals surface area contributed by atoms with E-state index in [0.29, 0.717) is 46.8 Å². The number of amides is 2. The first-order chi connectivity index (χ1) is 16.2. The van der Waals surface area contributed by atoms with Gasteiger partial charge >= 0.3 is 0 Å². The first-order valence-electron chi connectivity index (χ1n) is 9.77. The molecule has 0 atom stereocenters. The second kappa shape index (κ2) is 11.1. The Bertz CT molecular complexity index is 1310. The quantitative estimate of drug-likeness (QED) is 0.247. The summed E-state index contributed by atoms with van der Waals surface area (Å²) in [5, 5.41) is 1.15. The summed E-state index contributed by atoms with van der Waals surface area (Å²) in [6, 6.07) is 16.0. The van der Waals surface area contributed by atoms with Gasteiger partial charge in [0.1, 0.15) is 12.4 Å². The Balaban J connectivity index is 1.51. The lowest BCUT2D eigenvalue weighted by Crippen LogP contribution is -2.27. The third-order valence-electron chi connectivity index (χ3n) is 4.87. The summed E-state index contributed by atoms with van der Waals surface area (Å²) in [6.45, 7) is 0.364. The van der Waals surface area contributed by atoms with Gasteiger partial charge in [-0.2, -0.15) is 0 Å². The van der Waals surface area contributed by atoms with Crippen molar-refractivity contribution >= 4 is 95.6 Å². The van der Waals surface area contributed by atoms with Crippen LogP contribution in [-0.2, 0) is 17.9 Å². The molecule has 0 spiro atoms. The SMILES string of the molecule is O=C1S/C(=C/c2cc(Br)c(OCc3ccccc3Cl)c(Br)c2)C(=O)N1Cc1ccc(Cl)cc1Cl. The van der Waals surface area contributed by atoms with Crippen molar-refractivity contribution in [1.29, 1.82) is 0 Å². The lowest BCUT2D eigenvalue weighted by molar-refractivity contribution is -0.123. The molecule has 0 aliphatic carbocycles. The fraction of sp³-hybridized carbons (Fsp3) is 0.0833. The van der Waals surface area contributed by atoms with E-state index in [1.807, 2.05) is 30.3 Å². The van der Waals surface area contributed by atoms with Gasteiger partial charge in [0.25, 0.3) is 11.1 Å². The fourth-order valence-corrected chi connectivity index (χ4v) is 6.12. The van der Waals surface area contributed by atoms with E-state index in [1.165, 1.54) is 0 Å². The van der Waals surface area contributed by atoms with Crippen molar-refractivity contribution in [1.82, 2.24) is 4.90 Å². The maximum absolute atomic E-state index is 12.9. The van der Waals surface area contributed by atoms with Gasteiger partial charge in [0.05, 0.1) is 20.4 Å². The van der Waals surface area contributed by atoms with E-state index in [9.17, 15) is 9.59 Å². The molecule has 4 nitrogen and oxygen atoms in total. The largest absolute Gasteiger partial charge is 0.486 e. The highest BCUT2D eigenvalue weighted by atomic mass is 79.9. The Morgan fingerprint density at radius 2 is 1.62 bits per heavy atom. The van der Waals surface area contributed by atoms with Crippen LogP contribution in [0.1, 0.15) is 16.7 Å². The molecule has 0 N–H and O–H groups in total. The normalized spacial score (nSPS) is 14.9. The van der Waals surface area contributed by atoms with E-state index >= 15 is 0 Å². The number of benzene rings is 3. The van der Waals surface area contributed by atoms with Crippen molar-refractivity contribution in [2.45, 2.75) is 13.2 Å². The van der Waals surface area contributed by atoms with Gasteiger partial charge in [-0.1, -0.05) is 59.1 Å². The molecule has 0 aromatic heterocycles. The third kappa shape index (κ3) is 5.83. The molecule has 4 rings (SSSR count). The molecule has 10 heteroatoms. The zero-order chi connectivity index (χ0) is 24.4. The van der Waals surface area contributed by atoms with Crippen LogP contribution in [0, 0.1) is 0 Å². The highest BCUT2D eigenvalue weighted by molar-refractivity contribution is 9.11. The van der Waals surface area contributed by atoms with E-state index in [0.717, 1.165) is 27.8 Å². The molecule has 174 valence electrons. The van der Waals surface area contributed by atoms with Crippen LogP contribution in [-0.4, -0.2) is 16.0 Å².